The first-order valence-electron chi connectivity index (χ1n) is 10.9. The van der Waals surface area contributed by atoms with Crippen molar-refractivity contribution in [1.29, 1.82) is 0 Å². The zero-order valence-electron chi connectivity index (χ0n) is 18.7. The Kier molecular flexibility index (Phi) is 8.52. The van der Waals surface area contributed by atoms with Crippen LogP contribution in [0.2, 0.25) is 0 Å². The molecule has 0 fully saturated rings. The number of guanidine groups is 1. The third-order valence-electron chi connectivity index (χ3n) is 5.27. The van der Waals surface area contributed by atoms with Gasteiger partial charge in [0.1, 0.15) is 18.1 Å². The molecule has 1 atom stereocenters. The molecule has 0 amide bonds. The Morgan fingerprint density at radius 3 is 2.58 bits per heavy atom. The van der Waals surface area contributed by atoms with Crippen LogP contribution in [-0.2, 0) is 13.1 Å². The second-order valence-corrected chi connectivity index (χ2v) is 7.54. The van der Waals surface area contributed by atoms with Crippen LogP contribution in [-0.4, -0.2) is 35.7 Å². The molecule has 3 aromatic rings. The second-order valence-electron chi connectivity index (χ2n) is 7.54. The van der Waals surface area contributed by atoms with Gasteiger partial charge in [-0.3, -0.25) is 0 Å². The van der Waals surface area contributed by atoms with Gasteiger partial charge in [-0.15, -0.1) is 0 Å². The summed E-state index contributed by atoms with van der Waals surface area (Å²) in [6.45, 7) is 7.31. The summed E-state index contributed by atoms with van der Waals surface area (Å²) < 4.78 is 7.39. The molecule has 0 saturated heterocycles. The molecule has 0 aliphatic carbocycles. The maximum Gasteiger partial charge on any atom is 0.191 e. The Morgan fingerprint density at radius 1 is 1.10 bits per heavy atom. The van der Waals surface area contributed by atoms with Gasteiger partial charge in [0.25, 0.3) is 0 Å². The van der Waals surface area contributed by atoms with Crippen LogP contribution >= 0.6 is 0 Å². The van der Waals surface area contributed by atoms with Crippen molar-refractivity contribution in [3.05, 3.63) is 83.9 Å². The Morgan fingerprint density at radius 2 is 1.87 bits per heavy atom. The molecule has 0 saturated carbocycles. The number of imidazole rings is 1. The van der Waals surface area contributed by atoms with E-state index in [4.69, 9.17) is 9.73 Å². The van der Waals surface area contributed by atoms with Gasteiger partial charge in [0.2, 0.25) is 0 Å². The smallest absolute Gasteiger partial charge is 0.191 e. The molecule has 1 unspecified atom stereocenters. The lowest BCUT2D eigenvalue weighted by Gasteiger charge is -2.15. The molecule has 0 aliphatic rings. The van der Waals surface area contributed by atoms with Gasteiger partial charge in [0.15, 0.2) is 5.96 Å². The number of methoxy groups -OCH3 is 1. The zero-order valence-corrected chi connectivity index (χ0v) is 18.7. The van der Waals surface area contributed by atoms with E-state index < -0.39 is 0 Å². The molecule has 3 rings (SSSR count). The Hall–Kier alpha value is -3.28. The first-order valence-corrected chi connectivity index (χ1v) is 10.9. The average Bonchev–Trinajstić information content (AvgIpc) is 3.25. The summed E-state index contributed by atoms with van der Waals surface area (Å²) in [6.07, 6.45) is 4.86. The van der Waals surface area contributed by atoms with E-state index in [1.807, 2.05) is 30.6 Å². The lowest BCUT2D eigenvalue weighted by atomic mass is 9.98. The maximum atomic E-state index is 5.24. The molecule has 0 bridgehead atoms. The first-order chi connectivity index (χ1) is 15.2. The molecule has 31 heavy (non-hydrogen) atoms. The van der Waals surface area contributed by atoms with Crippen molar-refractivity contribution in [3.63, 3.8) is 0 Å². The van der Waals surface area contributed by atoms with E-state index >= 15 is 0 Å². The molecule has 6 heteroatoms. The van der Waals surface area contributed by atoms with Crippen molar-refractivity contribution in [2.45, 2.75) is 39.3 Å². The third kappa shape index (κ3) is 6.88. The molecule has 2 aromatic carbocycles. The zero-order chi connectivity index (χ0) is 21.9. The van der Waals surface area contributed by atoms with Crippen LogP contribution in [0.15, 0.2) is 72.0 Å². The van der Waals surface area contributed by atoms with E-state index in [0.29, 0.717) is 12.5 Å². The minimum Gasteiger partial charge on any atom is -0.497 e. The van der Waals surface area contributed by atoms with Gasteiger partial charge < -0.3 is 19.9 Å². The van der Waals surface area contributed by atoms with E-state index in [1.54, 1.807) is 7.11 Å². The van der Waals surface area contributed by atoms with E-state index in [1.165, 1.54) is 11.1 Å². The number of aromatic nitrogens is 2. The molecular weight excluding hydrogens is 386 g/mol. The summed E-state index contributed by atoms with van der Waals surface area (Å²) >= 11 is 0. The van der Waals surface area contributed by atoms with Crippen molar-refractivity contribution >= 4 is 5.96 Å². The number of nitrogens with one attached hydrogen (secondary N) is 2. The Bertz CT molecular complexity index is 934. The molecule has 0 spiro atoms. The summed E-state index contributed by atoms with van der Waals surface area (Å²) in [4.78, 5) is 9.24. The fourth-order valence-corrected chi connectivity index (χ4v) is 3.41. The van der Waals surface area contributed by atoms with Gasteiger partial charge in [-0.1, -0.05) is 49.4 Å². The van der Waals surface area contributed by atoms with Crippen LogP contribution in [0.1, 0.15) is 43.1 Å². The van der Waals surface area contributed by atoms with Gasteiger partial charge in [-0.2, -0.15) is 0 Å². The number of aliphatic imine (C=N–C) groups is 1. The highest BCUT2D eigenvalue weighted by molar-refractivity contribution is 5.79. The summed E-state index contributed by atoms with van der Waals surface area (Å²) in [6, 6.07) is 18.7. The number of nitrogens with zero attached hydrogens (tertiary/aromatic N) is 3. The van der Waals surface area contributed by atoms with Gasteiger partial charge in [-0.25, -0.2) is 9.98 Å². The number of ether oxygens (including phenoxy) is 1. The van der Waals surface area contributed by atoms with E-state index in [2.05, 4.69) is 70.4 Å². The molecular formula is C25H33N5O. The molecule has 1 heterocycles. The third-order valence-corrected chi connectivity index (χ3v) is 5.27. The number of hydrogen-bond acceptors (Lipinski definition) is 3. The minimum atomic E-state index is 0.450. The average molecular weight is 420 g/mol. The van der Waals surface area contributed by atoms with E-state index in [0.717, 1.165) is 43.6 Å². The predicted molar refractivity (Wildman–Crippen MR) is 127 cm³/mol. The standard InChI is InChI=1S/C25H33N5O/c1-4-26-25(28-15-14-20(2)22-10-12-23(31-3)13-11-22)29-18-24-27-16-17-30(24)19-21-8-6-5-7-9-21/h5-13,16-17,20H,4,14-15,18-19H2,1-3H3,(H2,26,28,29). The van der Waals surface area contributed by atoms with Gasteiger partial charge >= 0.3 is 0 Å². The summed E-state index contributed by atoms with van der Waals surface area (Å²) in [7, 11) is 1.69. The minimum absolute atomic E-state index is 0.450. The molecule has 0 radical (unpaired) electrons. The van der Waals surface area contributed by atoms with Crippen LogP contribution in [0.3, 0.4) is 0 Å². The first kappa shape index (κ1) is 22.4. The summed E-state index contributed by atoms with van der Waals surface area (Å²) in [5.41, 5.74) is 2.57. The Balaban J connectivity index is 1.54. The monoisotopic (exact) mass is 419 g/mol. The Labute approximate surface area is 185 Å². The molecule has 6 nitrogen and oxygen atoms in total. The normalized spacial score (nSPS) is 12.4. The summed E-state index contributed by atoms with van der Waals surface area (Å²) in [5.74, 6) is 3.11. The summed E-state index contributed by atoms with van der Waals surface area (Å²) in [5, 5.41) is 6.78. The van der Waals surface area contributed by atoms with Crippen molar-refractivity contribution in [1.82, 2.24) is 20.2 Å². The van der Waals surface area contributed by atoms with Crippen LogP contribution in [0.25, 0.3) is 0 Å². The molecule has 2 N–H and O–H groups in total. The second kappa shape index (κ2) is 11.8. The van der Waals surface area contributed by atoms with Crippen molar-refractivity contribution in [2.24, 2.45) is 4.99 Å². The predicted octanol–water partition coefficient (Wildman–Crippen LogP) is 4.19. The topological polar surface area (TPSA) is 63.5 Å². The lowest BCUT2D eigenvalue weighted by Crippen LogP contribution is -2.38. The van der Waals surface area contributed by atoms with Gasteiger partial charge in [0, 0.05) is 32.0 Å². The van der Waals surface area contributed by atoms with Crippen LogP contribution in [0.5, 0.6) is 5.75 Å². The van der Waals surface area contributed by atoms with Crippen molar-refractivity contribution in [3.8, 4) is 5.75 Å². The highest BCUT2D eigenvalue weighted by Crippen LogP contribution is 2.21. The van der Waals surface area contributed by atoms with E-state index in [9.17, 15) is 0 Å². The number of rotatable bonds is 10. The molecule has 164 valence electrons. The van der Waals surface area contributed by atoms with Gasteiger partial charge in [0.05, 0.1) is 7.11 Å². The van der Waals surface area contributed by atoms with Crippen molar-refractivity contribution in [2.75, 3.05) is 20.2 Å². The largest absolute Gasteiger partial charge is 0.497 e. The quantitative estimate of drug-likeness (QED) is 0.382. The van der Waals surface area contributed by atoms with Crippen LogP contribution in [0, 0.1) is 0 Å². The SMILES string of the molecule is CCNC(=NCc1nccn1Cc1ccccc1)NCCC(C)c1ccc(OC)cc1. The highest BCUT2D eigenvalue weighted by atomic mass is 16.5. The number of hydrogen-bond donors (Lipinski definition) is 2. The molecule has 1 aromatic heterocycles. The van der Waals surface area contributed by atoms with Crippen LogP contribution < -0.4 is 15.4 Å². The molecule has 0 aliphatic heterocycles. The maximum absolute atomic E-state index is 5.24. The van der Waals surface area contributed by atoms with Crippen molar-refractivity contribution < 1.29 is 4.74 Å². The fourth-order valence-electron chi connectivity index (χ4n) is 3.41. The van der Waals surface area contributed by atoms with Crippen LogP contribution in [0.4, 0.5) is 0 Å². The van der Waals surface area contributed by atoms with Gasteiger partial charge in [-0.05, 0) is 42.5 Å². The number of benzene rings is 2. The van der Waals surface area contributed by atoms with E-state index in [-0.39, 0.29) is 0 Å². The fraction of sp³-hybridized carbons (Fsp3) is 0.360. The lowest BCUT2D eigenvalue weighted by molar-refractivity contribution is 0.414. The highest BCUT2D eigenvalue weighted by Gasteiger charge is 2.07.